The van der Waals surface area contributed by atoms with Crippen LogP contribution < -0.4 is 16.4 Å². The zero-order chi connectivity index (χ0) is 11.9. The zero-order valence-electron chi connectivity index (χ0n) is 9.72. The molecule has 0 aromatic carbocycles. The summed E-state index contributed by atoms with van der Waals surface area (Å²) in [6.07, 6.45) is 1.60. The molecular formula is C10H21N3O2. The van der Waals surface area contributed by atoms with Gasteiger partial charge in [0.15, 0.2) is 0 Å². The van der Waals surface area contributed by atoms with E-state index in [0.29, 0.717) is 19.4 Å². The number of likely N-dealkylation sites (N-methyl/N-ethyl adjacent to an activating group) is 1. The number of nitrogens with two attached hydrogens (primary N) is 1. The van der Waals surface area contributed by atoms with Crippen molar-refractivity contribution in [2.24, 2.45) is 5.73 Å². The van der Waals surface area contributed by atoms with Crippen molar-refractivity contribution in [1.29, 1.82) is 0 Å². The van der Waals surface area contributed by atoms with Gasteiger partial charge in [0.2, 0.25) is 11.8 Å². The van der Waals surface area contributed by atoms with E-state index in [1.807, 2.05) is 13.8 Å². The van der Waals surface area contributed by atoms with Gasteiger partial charge < -0.3 is 16.4 Å². The number of hydrogen-bond donors (Lipinski definition) is 3. The summed E-state index contributed by atoms with van der Waals surface area (Å²) >= 11 is 0. The molecule has 5 heteroatoms. The lowest BCUT2D eigenvalue weighted by Gasteiger charge is -2.29. The molecule has 0 aromatic heterocycles. The van der Waals surface area contributed by atoms with Crippen LogP contribution in [0.5, 0.6) is 0 Å². The predicted molar refractivity (Wildman–Crippen MR) is 59.2 cm³/mol. The molecule has 0 bridgehead atoms. The number of hydrogen-bond acceptors (Lipinski definition) is 3. The molecule has 0 aromatic rings. The van der Waals surface area contributed by atoms with E-state index in [4.69, 9.17) is 5.73 Å². The minimum absolute atomic E-state index is 0.0729. The highest BCUT2D eigenvalue weighted by Crippen LogP contribution is 2.14. The molecule has 0 aliphatic heterocycles. The SMILES string of the molecule is CCC(CC)(NC)C(=O)NCCC(N)=O. The van der Waals surface area contributed by atoms with Crippen molar-refractivity contribution in [3.05, 3.63) is 0 Å². The molecule has 15 heavy (non-hydrogen) atoms. The Kier molecular flexibility index (Phi) is 5.93. The number of carbonyl (C=O) groups excluding carboxylic acids is 2. The van der Waals surface area contributed by atoms with Gasteiger partial charge in [0, 0.05) is 13.0 Å². The fourth-order valence-electron chi connectivity index (χ4n) is 1.51. The second kappa shape index (κ2) is 6.40. The van der Waals surface area contributed by atoms with Gasteiger partial charge >= 0.3 is 0 Å². The van der Waals surface area contributed by atoms with Crippen LogP contribution in [0.25, 0.3) is 0 Å². The first-order valence-corrected chi connectivity index (χ1v) is 5.28. The summed E-state index contributed by atoms with van der Waals surface area (Å²) in [7, 11) is 1.76. The molecule has 2 amide bonds. The quantitative estimate of drug-likeness (QED) is 0.548. The molecule has 0 saturated carbocycles. The Hall–Kier alpha value is -1.10. The van der Waals surface area contributed by atoms with Gasteiger partial charge in [-0.15, -0.1) is 0 Å². The Balaban J connectivity index is 4.21. The standard InChI is InChI=1S/C10H21N3O2/c1-4-10(5-2,12-3)9(15)13-7-6-8(11)14/h12H,4-7H2,1-3H3,(H2,11,14)(H,13,15). The molecule has 88 valence electrons. The summed E-state index contributed by atoms with van der Waals surface area (Å²) in [5.41, 5.74) is 4.45. The van der Waals surface area contributed by atoms with E-state index >= 15 is 0 Å². The third-order valence-electron chi connectivity index (χ3n) is 2.78. The Labute approximate surface area is 90.8 Å². The van der Waals surface area contributed by atoms with Crippen molar-refractivity contribution in [1.82, 2.24) is 10.6 Å². The molecule has 0 spiro atoms. The maximum Gasteiger partial charge on any atom is 0.240 e. The van der Waals surface area contributed by atoms with Crippen LogP contribution in [0.2, 0.25) is 0 Å². The lowest BCUT2D eigenvalue weighted by atomic mass is 9.92. The predicted octanol–water partition coefficient (Wildman–Crippen LogP) is -0.244. The van der Waals surface area contributed by atoms with Crippen molar-refractivity contribution in [3.63, 3.8) is 0 Å². The van der Waals surface area contributed by atoms with Gasteiger partial charge in [0.25, 0.3) is 0 Å². The molecule has 0 radical (unpaired) electrons. The molecule has 0 fully saturated rings. The van der Waals surface area contributed by atoms with Crippen molar-refractivity contribution in [2.45, 2.75) is 38.6 Å². The van der Waals surface area contributed by atoms with Crippen LogP contribution in [0.15, 0.2) is 0 Å². The molecular weight excluding hydrogens is 194 g/mol. The van der Waals surface area contributed by atoms with E-state index in [2.05, 4.69) is 10.6 Å². The van der Waals surface area contributed by atoms with Crippen LogP contribution in [0.4, 0.5) is 0 Å². The molecule has 0 unspecified atom stereocenters. The number of amides is 2. The van der Waals surface area contributed by atoms with Gasteiger partial charge in [-0.1, -0.05) is 13.8 Å². The van der Waals surface area contributed by atoms with Gasteiger partial charge in [0.05, 0.1) is 5.54 Å². The summed E-state index contributed by atoms with van der Waals surface area (Å²) in [5, 5.41) is 5.73. The van der Waals surface area contributed by atoms with Crippen LogP contribution in [0.3, 0.4) is 0 Å². The Bertz CT molecular complexity index is 216. The fourth-order valence-corrected chi connectivity index (χ4v) is 1.51. The summed E-state index contributed by atoms with van der Waals surface area (Å²) in [4.78, 5) is 22.3. The Morgan fingerprint density at radius 3 is 2.13 bits per heavy atom. The van der Waals surface area contributed by atoms with Crippen LogP contribution in [-0.2, 0) is 9.59 Å². The number of rotatable bonds is 7. The first-order valence-electron chi connectivity index (χ1n) is 5.28. The maximum atomic E-state index is 11.8. The van der Waals surface area contributed by atoms with Crippen molar-refractivity contribution in [2.75, 3.05) is 13.6 Å². The minimum Gasteiger partial charge on any atom is -0.370 e. The molecule has 0 atom stereocenters. The molecule has 4 N–H and O–H groups in total. The first-order chi connectivity index (χ1) is 7.02. The van der Waals surface area contributed by atoms with Crippen molar-refractivity contribution >= 4 is 11.8 Å². The number of primary amides is 1. The van der Waals surface area contributed by atoms with Crippen LogP contribution in [0.1, 0.15) is 33.1 Å². The van der Waals surface area contributed by atoms with E-state index in [1.54, 1.807) is 7.05 Å². The zero-order valence-corrected chi connectivity index (χ0v) is 9.72. The lowest BCUT2D eigenvalue weighted by molar-refractivity contribution is -0.127. The third-order valence-corrected chi connectivity index (χ3v) is 2.78. The summed E-state index contributed by atoms with van der Waals surface area (Å²) in [5.74, 6) is -0.477. The number of carbonyl (C=O) groups is 2. The Morgan fingerprint density at radius 1 is 1.27 bits per heavy atom. The Morgan fingerprint density at radius 2 is 1.80 bits per heavy atom. The van der Waals surface area contributed by atoms with Gasteiger partial charge in [-0.2, -0.15) is 0 Å². The monoisotopic (exact) mass is 215 g/mol. The summed E-state index contributed by atoms with van der Waals surface area (Å²) < 4.78 is 0. The highest BCUT2D eigenvalue weighted by molar-refractivity contribution is 5.86. The summed E-state index contributed by atoms with van der Waals surface area (Å²) in [6.45, 7) is 4.21. The van der Waals surface area contributed by atoms with E-state index in [-0.39, 0.29) is 12.3 Å². The van der Waals surface area contributed by atoms with E-state index < -0.39 is 11.4 Å². The first kappa shape index (κ1) is 13.9. The molecule has 5 nitrogen and oxygen atoms in total. The van der Waals surface area contributed by atoms with Crippen molar-refractivity contribution < 1.29 is 9.59 Å². The molecule has 0 aliphatic rings. The van der Waals surface area contributed by atoms with E-state index in [1.165, 1.54) is 0 Å². The lowest BCUT2D eigenvalue weighted by Crippen LogP contribution is -2.55. The highest BCUT2D eigenvalue weighted by Gasteiger charge is 2.32. The van der Waals surface area contributed by atoms with Gasteiger partial charge in [-0.25, -0.2) is 0 Å². The molecule has 0 saturated heterocycles. The largest absolute Gasteiger partial charge is 0.370 e. The second-order valence-corrected chi connectivity index (χ2v) is 3.51. The average molecular weight is 215 g/mol. The average Bonchev–Trinajstić information content (AvgIpc) is 2.21. The smallest absolute Gasteiger partial charge is 0.240 e. The normalized spacial score (nSPS) is 11.1. The fraction of sp³-hybridized carbons (Fsp3) is 0.800. The summed E-state index contributed by atoms with van der Waals surface area (Å²) in [6, 6.07) is 0. The van der Waals surface area contributed by atoms with Crippen LogP contribution in [-0.4, -0.2) is 30.9 Å². The van der Waals surface area contributed by atoms with Gasteiger partial charge in [-0.3, -0.25) is 9.59 Å². The highest BCUT2D eigenvalue weighted by atomic mass is 16.2. The van der Waals surface area contributed by atoms with Gasteiger partial charge in [-0.05, 0) is 19.9 Å². The topological polar surface area (TPSA) is 84.2 Å². The molecule has 0 rings (SSSR count). The van der Waals surface area contributed by atoms with Gasteiger partial charge in [0.1, 0.15) is 0 Å². The van der Waals surface area contributed by atoms with Crippen LogP contribution >= 0.6 is 0 Å². The maximum absolute atomic E-state index is 11.8. The number of nitrogens with one attached hydrogen (secondary N) is 2. The molecule has 0 aliphatic carbocycles. The third kappa shape index (κ3) is 3.87. The van der Waals surface area contributed by atoms with E-state index in [9.17, 15) is 9.59 Å². The van der Waals surface area contributed by atoms with Crippen molar-refractivity contribution in [3.8, 4) is 0 Å². The van der Waals surface area contributed by atoms with Crippen LogP contribution in [0, 0.1) is 0 Å². The minimum atomic E-state index is -0.530. The second-order valence-electron chi connectivity index (χ2n) is 3.51. The van der Waals surface area contributed by atoms with E-state index in [0.717, 1.165) is 0 Å². The molecule has 0 heterocycles.